The van der Waals surface area contributed by atoms with E-state index in [1.807, 2.05) is 38.1 Å². The zero-order valence-electron chi connectivity index (χ0n) is 14.5. The number of aromatic nitrogens is 3. The summed E-state index contributed by atoms with van der Waals surface area (Å²) in [4.78, 5) is 12.8. The summed E-state index contributed by atoms with van der Waals surface area (Å²) in [7, 11) is 0. The summed E-state index contributed by atoms with van der Waals surface area (Å²) >= 11 is 0. The molecule has 1 N–H and O–H groups in total. The molecule has 0 radical (unpaired) electrons. The van der Waals surface area contributed by atoms with Gasteiger partial charge in [-0.2, -0.15) is 5.10 Å². The monoisotopic (exact) mass is 331 g/mol. The van der Waals surface area contributed by atoms with E-state index in [-0.39, 0.29) is 24.4 Å². The average Bonchev–Trinajstić information content (AvgIpc) is 3.12. The molecule has 1 saturated heterocycles. The second kappa shape index (κ2) is 6.91. The van der Waals surface area contributed by atoms with Gasteiger partial charge in [-0.05, 0) is 37.3 Å². The molecule has 0 spiro atoms. The van der Waals surface area contributed by atoms with Gasteiger partial charge in [0, 0.05) is 12.6 Å². The normalized spacial score (nSPS) is 20.9. The molecule has 0 amide bonds. The minimum atomic E-state index is -0.113. The lowest BCUT2D eigenvalue weighted by atomic mass is 10.0. The fraction of sp³-hybridized carbons (Fsp3) is 0.556. The van der Waals surface area contributed by atoms with Crippen molar-refractivity contribution in [3.8, 4) is 0 Å². The lowest BCUT2D eigenvalue weighted by Gasteiger charge is -2.16. The van der Waals surface area contributed by atoms with Crippen molar-refractivity contribution < 1.29 is 9.84 Å². The number of hydrogen-bond donors (Lipinski definition) is 1. The maximum Gasteiger partial charge on any atom is 0.346 e. The third-order valence-electron chi connectivity index (χ3n) is 4.59. The van der Waals surface area contributed by atoms with Crippen LogP contribution in [0.5, 0.6) is 0 Å². The SMILES string of the molecule is CC(C)n1c([C@H]2OCC[C@H]2C)nn(Cc2ccc(CO)cc2)c1=O. The van der Waals surface area contributed by atoms with Crippen molar-refractivity contribution in [2.45, 2.75) is 52.5 Å². The van der Waals surface area contributed by atoms with E-state index in [0.717, 1.165) is 23.4 Å². The van der Waals surface area contributed by atoms with E-state index >= 15 is 0 Å². The molecule has 0 saturated carbocycles. The summed E-state index contributed by atoms with van der Waals surface area (Å²) in [6.45, 7) is 7.27. The first-order valence-corrected chi connectivity index (χ1v) is 8.50. The summed E-state index contributed by atoms with van der Waals surface area (Å²) < 4.78 is 9.08. The van der Waals surface area contributed by atoms with Crippen molar-refractivity contribution in [2.75, 3.05) is 6.61 Å². The van der Waals surface area contributed by atoms with E-state index in [9.17, 15) is 4.79 Å². The van der Waals surface area contributed by atoms with Crippen LogP contribution in [0.15, 0.2) is 29.1 Å². The standard InChI is InChI=1S/C18H25N3O3/c1-12(2)21-17(16-13(3)8-9-24-16)19-20(18(21)23)10-14-4-6-15(11-22)7-5-14/h4-7,12-13,16,22H,8-11H2,1-3H3/t13-,16+/m1/s1. The highest BCUT2D eigenvalue weighted by atomic mass is 16.5. The molecule has 6 nitrogen and oxygen atoms in total. The predicted octanol–water partition coefficient (Wildman–Crippen LogP) is 2.26. The topological polar surface area (TPSA) is 69.3 Å². The Bertz CT molecular complexity index is 746. The van der Waals surface area contributed by atoms with Gasteiger partial charge >= 0.3 is 5.69 Å². The van der Waals surface area contributed by atoms with Crippen LogP contribution in [-0.4, -0.2) is 26.1 Å². The quantitative estimate of drug-likeness (QED) is 0.912. The number of rotatable bonds is 5. The maximum atomic E-state index is 12.8. The Balaban J connectivity index is 1.94. The summed E-state index contributed by atoms with van der Waals surface area (Å²) in [5.74, 6) is 1.09. The van der Waals surface area contributed by atoms with E-state index in [2.05, 4.69) is 12.0 Å². The van der Waals surface area contributed by atoms with Gasteiger partial charge in [-0.25, -0.2) is 9.48 Å². The van der Waals surface area contributed by atoms with Crippen molar-refractivity contribution >= 4 is 0 Å². The number of aliphatic hydroxyl groups excluding tert-OH is 1. The van der Waals surface area contributed by atoms with Crippen LogP contribution in [0.3, 0.4) is 0 Å². The highest BCUT2D eigenvalue weighted by molar-refractivity contribution is 5.22. The third kappa shape index (κ3) is 3.16. The van der Waals surface area contributed by atoms with Crippen LogP contribution in [0.25, 0.3) is 0 Å². The lowest BCUT2D eigenvalue weighted by Crippen LogP contribution is -2.27. The molecule has 2 aromatic rings. The fourth-order valence-corrected chi connectivity index (χ4v) is 3.17. The second-order valence-corrected chi connectivity index (χ2v) is 6.79. The van der Waals surface area contributed by atoms with Crippen molar-refractivity contribution in [2.24, 2.45) is 5.92 Å². The Morgan fingerprint density at radius 2 is 1.96 bits per heavy atom. The molecular formula is C18H25N3O3. The molecule has 24 heavy (non-hydrogen) atoms. The predicted molar refractivity (Wildman–Crippen MR) is 90.8 cm³/mol. The Kier molecular flexibility index (Phi) is 4.87. The smallest absolute Gasteiger partial charge is 0.346 e. The van der Waals surface area contributed by atoms with Gasteiger partial charge < -0.3 is 9.84 Å². The molecule has 0 aliphatic carbocycles. The molecule has 2 heterocycles. The molecule has 3 rings (SSSR count). The molecular weight excluding hydrogens is 306 g/mol. The van der Waals surface area contributed by atoms with Crippen LogP contribution in [0.4, 0.5) is 0 Å². The van der Waals surface area contributed by atoms with Gasteiger partial charge in [0.25, 0.3) is 0 Å². The summed E-state index contributed by atoms with van der Waals surface area (Å²) in [6.07, 6.45) is 0.880. The molecule has 1 aromatic heterocycles. The number of aliphatic hydroxyl groups is 1. The molecule has 0 bridgehead atoms. The van der Waals surface area contributed by atoms with E-state index < -0.39 is 0 Å². The highest BCUT2D eigenvalue weighted by Gasteiger charge is 2.32. The molecule has 6 heteroatoms. The van der Waals surface area contributed by atoms with Gasteiger partial charge in [0.2, 0.25) is 0 Å². The first-order valence-electron chi connectivity index (χ1n) is 8.50. The highest BCUT2D eigenvalue weighted by Crippen LogP contribution is 2.33. The fourth-order valence-electron chi connectivity index (χ4n) is 3.17. The number of benzene rings is 1. The third-order valence-corrected chi connectivity index (χ3v) is 4.59. The molecule has 1 aromatic carbocycles. The van der Waals surface area contributed by atoms with Crippen molar-refractivity contribution in [1.29, 1.82) is 0 Å². The Hall–Kier alpha value is -1.92. The average molecular weight is 331 g/mol. The summed E-state index contributed by atoms with van der Waals surface area (Å²) in [5.41, 5.74) is 1.73. The maximum absolute atomic E-state index is 12.8. The van der Waals surface area contributed by atoms with Crippen LogP contribution in [0, 0.1) is 5.92 Å². The Morgan fingerprint density at radius 1 is 1.29 bits per heavy atom. The zero-order valence-corrected chi connectivity index (χ0v) is 14.5. The van der Waals surface area contributed by atoms with Crippen molar-refractivity contribution in [3.63, 3.8) is 0 Å². The largest absolute Gasteiger partial charge is 0.392 e. The van der Waals surface area contributed by atoms with Gasteiger partial charge in [0.15, 0.2) is 5.82 Å². The van der Waals surface area contributed by atoms with Gasteiger partial charge in [-0.1, -0.05) is 31.2 Å². The Morgan fingerprint density at radius 3 is 2.50 bits per heavy atom. The van der Waals surface area contributed by atoms with Gasteiger partial charge in [0.05, 0.1) is 13.2 Å². The summed E-state index contributed by atoms with van der Waals surface area (Å²) in [5, 5.41) is 13.7. The van der Waals surface area contributed by atoms with Gasteiger partial charge in [-0.3, -0.25) is 4.57 Å². The molecule has 0 unspecified atom stereocenters. The number of hydrogen-bond acceptors (Lipinski definition) is 4. The van der Waals surface area contributed by atoms with E-state index in [1.165, 1.54) is 4.68 Å². The minimum Gasteiger partial charge on any atom is -0.392 e. The van der Waals surface area contributed by atoms with E-state index in [1.54, 1.807) is 4.57 Å². The van der Waals surface area contributed by atoms with Crippen LogP contribution in [0.1, 0.15) is 56.3 Å². The number of ether oxygens (including phenoxy) is 1. The minimum absolute atomic E-state index is 0.0171. The van der Waals surface area contributed by atoms with Crippen LogP contribution in [-0.2, 0) is 17.9 Å². The van der Waals surface area contributed by atoms with Crippen molar-refractivity contribution in [1.82, 2.24) is 14.3 Å². The van der Waals surface area contributed by atoms with Crippen LogP contribution < -0.4 is 5.69 Å². The lowest BCUT2D eigenvalue weighted by molar-refractivity contribution is 0.0825. The van der Waals surface area contributed by atoms with Gasteiger partial charge in [-0.15, -0.1) is 0 Å². The Labute approximate surface area is 141 Å². The molecule has 130 valence electrons. The molecule has 1 aliphatic heterocycles. The number of nitrogens with zero attached hydrogens (tertiary/aromatic N) is 3. The molecule has 2 atom stereocenters. The first kappa shape index (κ1) is 16.9. The van der Waals surface area contributed by atoms with Crippen LogP contribution >= 0.6 is 0 Å². The summed E-state index contributed by atoms with van der Waals surface area (Å²) in [6, 6.07) is 7.60. The molecule has 1 aliphatic rings. The van der Waals surface area contributed by atoms with Gasteiger partial charge in [0.1, 0.15) is 6.10 Å². The zero-order chi connectivity index (χ0) is 17.3. The molecule has 1 fully saturated rings. The first-order chi connectivity index (χ1) is 11.5. The van der Waals surface area contributed by atoms with Crippen molar-refractivity contribution in [3.05, 3.63) is 51.7 Å². The second-order valence-electron chi connectivity index (χ2n) is 6.79. The van der Waals surface area contributed by atoms with E-state index in [0.29, 0.717) is 19.1 Å². The van der Waals surface area contributed by atoms with E-state index in [4.69, 9.17) is 9.84 Å². The van der Waals surface area contributed by atoms with Crippen LogP contribution in [0.2, 0.25) is 0 Å².